The van der Waals surface area contributed by atoms with Gasteiger partial charge < -0.3 is 5.11 Å². The molecule has 0 heterocycles. The topological polar surface area (TPSA) is 74.7 Å². The summed E-state index contributed by atoms with van der Waals surface area (Å²) in [7, 11) is -1.84. The van der Waals surface area contributed by atoms with E-state index in [9.17, 15) is 13.2 Å². The van der Waals surface area contributed by atoms with Crippen molar-refractivity contribution < 1.29 is 18.3 Å². The molecule has 0 aliphatic carbocycles. The van der Waals surface area contributed by atoms with Gasteiger partial charge in [0.25, 0.3) is 0 Å². The molecule has 0 aromatic rings. The molecule has 0 aromatic heterocycles. The Kier molecular flexibility index (Phi) is 6.51. The molecule has 0 amide bonds. The number of nitrogens with zero attached hydrogens (tertiary/aromatic N) is 1. The SMILES string of the molecule is CCCCCS(=O)(=O)N(C)CCC(=O)O. The van der Waals surface area contributed by atoms with Gasteiger partial charge in [-0.2, -0.15) is 0 Å². The number of aliphatic carboxylic acids is 1. The fourth-order valence-electron chi connectivity index (χ4n) is 1.08. The lowest BCUT2D eigenvalue weighted by atomic mass is 10.3. The predicted molar refractivity (Wildman–Crippen MR) is 58.2 cm³/mol. The van der Waals surface area contributed by atoms with Crippen LogP contribution in [0.3, 0.4) is 0 Å². The van der Waals surface area contributed by atoms with E-state index in [0.717, 1.165) is 17.1 Å². The van der Waals surface area contributed by atoms with E-state index in [1.807, 2.05) is 6.92 Å². The second-order valence-electron chi connectivity index (χ2n) is 3.49. The molecular weight excluding hydrogens is 218 g/mol. The van der Waals surface area contributed by atoms with Crippen molar-refractivity contribution in [3.63, 3.8) is 0 Å². The molecule has 15 heavy (non-hydrogen) atoms. The minimum absolute atomic E-state index is 0.0454. The Hall–Kier alpha value is -0.620. The number of sulfonamides is 1. The molecule has 0 saturated carbocycles. The minimum atomic E-state index is -3.26. The molecule has 0 spiro atoms. The zero-order chi connectivity index (χ0) is 11.9. The quantitative estimate of drug-likeness (QED) is 0.637. The maximum atomic E-state index is 11.6. The van der Waals surface area contributed by atoms with Gasteiger partial charge in [-0.25, -0.2) is 12.7 Å². The number of hydrogen-bond donors (Lipinski definition) is 1. The fraction of sp³-hybridized carbons (Fsp3) is 0.889. The van der Waals surface area contributed by atoms with E-state index in [-0.39, 0.29) is 18.7 Å². The lowest BCUT2D eigenvalue weighted by molar-refractivity contribution is -0.137. The molecule has 5 nitrogen and oxygen atoms in total. The number of carbonyl (C=O) groups is 1. The van der Waals surface area contributed by atoms with Gasteiger partial charge in [-0.05, 0) is 6.42 Å². The van der Waals surface area contributed by atoms with Crippen molar-refractivity contribution in [1.29, 1.82) is 0 Å². The second kappa shape index (κ2) is 6.79. The van der Waals surface area contributed by atoms with E-state index in [0.29, 0.717) is 6.42 Å². The molecule has 1 N–H and O–H groups in total. The number of rotatable bonds is 8. The Bertz CT molecular complexity index is 286. The maximum Gasteiger partial charge on any atom is 0.304 e. The Morgan fingerprint density at radius 3 is 2.40 bits per heavy atom. The Balaban J connectivity index is 4.03. The summed E-state index contributed by atoms with van der Waals surface area (Å²) in [4.78, 5) is 10.3. The van der Waals surface area contributed by atoms with Crippen LogP contribution in [0.15, 0.2) is 0 Å². The van der Waals surface area contributed by atoms with E-state index >= 15 is 0 Å². The van der Waals surface area contributed by atoms with Crippen molar-refractivity contribution in [2.24, 2.45) is 0 Å². The number of unbranched alkanes of at least 4 members (excludes halogenated alkanes) is 2. The van der Waals surface area contributed by atoms with Crippen LogP contribution in [0.25, 0.3) is 0 Å². The molecule has 0 aromatic carbocycles. The summed E-state index contributed by atoms with van der Waals surface area (Å²) in [6.45, 7) is 2.05. The highest BCUT2D eigenvalue weighted by Crippen LogP contribution is 2.04. The summed E-state index contributed by atoms with van der Waals surface area (Å²) < 4.78 is 24.2. The first kappa shape index (κ1) is 14.4. The van der Waals surface area contributed by atoms with Crippen molar-refractivity contribution in [3.8, 4) is 0 Å². The summed E-state index contributed by atoms with van der Waals surface area (Å²) in [6, 6.07) is 0. The van der Waals surface area contributed by atoms with Crippen LogP contribution in [-0.4, -0.2) is 43.1 Å². The molecule has 0 aliphatic heterocycles. The average Bonchev–Trinajstić information content (AvgIpc) is 2.14. The molecule has 0 radical (unpaired) electrons. The van der Waals surface area contributed by atoms with Crippen LogP contribution in [-0.2, 0) is 14.8 Å². The maximum absolute atomic E-state index is 11.6. The summed E-state index contributed by atoms with van der Waals surface area (Å²) >= 11 is 0. The molecule has 0 atom stereocenters. The third-order valence-corrected chi connectivity index (χ3v) is 4.06. The Morgan fingerprint density at radius 1 is 1.33 bits per heavy atom. The van der Waals surface area contributed by atoms with Gasteiger partial charge in [0.2, 0.25) is 10.0 Å². The molecule has 90 valence electrons. The van der Waals surface area contributed by atoms with Crippen LogP contribution in [0.1, 0.15) is 32.6 Å². The minimum Gasteiger partial charge on any atom is -0.481 e. The van der Waals surface area contributed by atoms with E-state index in [1.54, 1.807) is 0 Å². The lowest BCUT2D eigenvalue weighted by Crippen LogP contribution is -2.31. The van der Waals surface area contributed by atoms with Crippen LogP contribution in [0.2, 0.25) is 0 Å². The van der Waals surface area contributed by atoms with Crippen LogP contribution in [0.4, 0.5) is 0 Å². The van der Waals surface area contributed by atoms with E-state index in [2.05, 4.69) is 0 Å². The zero-order valence-corrected chi connectivity index (χ0v) is 10.1. The molecule has 0 saturated heterocycles. The van der Waals surface area contributed by atoms with E-state index in [4.69, 9.17) is 5.11 Å². The van der Waals surface area contributed by atoms with Crippen molar-refractivity contribution in [2.75, 3.05) is 19.3 Å². The molecular formula is C9H19NO4S. The third kappa shape index (κ3) is 6.46. The lowest BCUT2D eigenvalue weighted by Gasteiger charge is -2.15. The predicted octanol–water partition coefficient (Wildman–Crippen LogP) is 0.913. The van der Waals surface area contributed by atoms with Crippen molar-refractivity contribution in [1.82, 2.24) is 4.31 Å². The Labute approximate surface area is 91.1 Å². The number of hydrogen-bond acceptors (Lipinski definition) is 3. The smallest absolute Gasteiger partial charge is 0.304 e. The monoisotopic (exact) mass is 237 g/mol. The summed E-state index contributed by atoms with van der Waals surface area (Å²) in [5.41, 5.74) is 0. The Morgan fingerprint density at radius 2 is 1.93 bits per heavy atom. The van der Waals surface area contributed by atoms with Gasteiger partial charge in [-0.1, -0.05) is 19.8 Å². The molecule has 0 unspecified atom stereocenters. The largest absolute Gasteiger partial charge is 0.481 e. The second-order valence-corrected chi connectivity index (χ2v) is 5.68. The first-order valence-electron chi connectivity index (χ1n) is 5.06. The number of carboxylic acid groups (broad SMARTS) is 1. The molecule has 0 fully saturated rings. The van der Waals surface area contributed by atoms with Gasteiger partial charge in [0.1, 0.15) is 0 Å². The molecule has 6 heteroatoms. The van der Waals surface area contributed by atoms with Gasteiger partial charge >= 0.3 is 5.97 Å². The summed E-state index contributed by atoms with van der Waals surface area (Å²) in [5.74, 6) is -0.873. The molecule has 0 aliphatic rings. The standard InChI is InChI=1S/C9H19NO4S/c1-3-4-5-8-15(13,14)10(2)7-6-9(11)12/h3-8H2,1-2H3,(H,11,12). The highest BCUT2D eigenvalue weighted by molar-refractivity contribution is 7.89. The zero-order valence-electron chi connectivity index (χ0n) is 9.27. The third-order valence-electron chi connectivity index (χ3n) is 2.12. The molecule has 0 rings (SSSR count). The van der Waals surface area contributed by atoms with Crippen molar-refractivity contribution in [3.05, 3.63) is 0 Å². The van der Waals surface area contributed by atoms with Crippen LogP contribution in [0, 0.1) is 0 Å². The molecule has 0 bridgehead atoms. The first-order valence-corrected chi connectivity index (χ1v) is 6.67. The normalized spacial score (nSPS) is 11.9. The summed E-state index contributed by atoms with van der Waals surface area (Å²) in [5, 5.41) is 8.42. The average molecular weight is 237 g/mol. The van der Waals surface area contributed by atoms with Crippen molar-refractivity contribution >= 4 is 16.0 Å². The van der Waals surface area contributed by atoms with Crippen LogP contribution < -0.4 is 0 Å². The van der Waals surface area contributed by atoms with Crippen LogP contribution in [0.5, 0.6) is 0 Å². The van der Waals surface area contributed by atoms with E-state index in [1.165, 1.54) is 7.05 Å². The first-order chi connectivity index (χ1) is 6.90. The van der Waals surface area contributed by atoms with Gasteiger partial charge in [0.05, 0.1) is 12.2 Å². The number of carboxylic acids is 1. The highest BCUT2D eigenvalue weighted by atomic mass is 32.2. The van der Waals surface area contributed by atoms with Gasteiger partial charge in [0.15, 0.2) is 0 Å². The van der Waals surface area contributed by atoms with Gasteiger partial charge in [-0.3, -0.25) is 4.79 Å². The van der Waals surface area contributed by atoms with Crippen LogP contribution >= 0.6 is 0 Å². The van der Waals surface area contributed by atoms with E-state index < -0.39 is 16.0 Å². The van der Waals surface area contributed by atoms with Gasteiger partial charge in [0, 0.05) is 13.6 Å². The van der Waals surface area contributed by atoms with Gasteiger partial charge in [-0.15, -0.1) is 0 Å². The van der Waals surface area contributed by atoms with Crippen molar-refractivity contribution in [2.45, 2.75) is 32.6 Å². The fourth-order valence-corrected chi connectivity index (χ4v) is 2.33. The highest BCUT2D eigenvalue weighted by Gasteiger charge is 2.17. The summed E-state index contributed by atoms with van der Waals surface area (Å²) in [6.07, 6.45) is 2.33.